The van der Waals surface area contributed by atoms with Crippen molar-refractivity contribution in [1.29, 1.82) is 0 Å². The molecule has 3 aromatic rings. The maximum atomic E-state index is 12.6. The second-order valence-corrected chi connectivity index (χ2v) is 8.06. The Morgan fingerprint density at radius 1 is 0.765 bits per heavy atom. The van der Waals surface area contributed by atoms with Crippen LogP contribution in [-0.4, -0.2) is 56.3 Å². The Morgan fingerprint density at radius 3 is 2.29 bits per heavy atom. The predicted octanol–water partition coefficient (Wildman–Crippen LogP) is 5.20. The first-order valence-electron chi connectivity index (χ1n) is 11.4. The number of nitrogens with zero attached hydrogens (tertiary/aromatic N) is 2. The van der Waals surface area contributed by atoms with Gasteiger partial charge in [0.25, 0.3) is 0 Å². The van der Waals surface area contributed by atoms with Gasteiger partial charge in [0.05, 0.1) is 14.2 Å². The molecular formula is C27H30N2O5. The number of methoxy groups -OCH3 is 2. The highest BCUT2D eigenvalue weighted by atomic mass is 16.6. The second-order valence-electron chi connectivity index (χ2n) is 8.06. The zero-order valence-corrected chi connectivity index (χ0v) is 19.6. The minimum absolute atomic E-state index is 0.320. The molecule has 34 heavy (non-hydrogen) atoms. The number of amides is 1. The van der Waals surface area contributed by atoms with Crippen LogP contribution in [0.2, 0.25) is 0 Å². The number of carbonyl (C=O) groups is 1. The number of ether oxygens (including phenoxy) is 4. The van der Waals surface area contributed by atoms with Crippen molar-refractivity contribution in [2.24, 2.45) is 0 Å². The highest BCUT2D eigenvalue weighted by molar-refractivity contribution is 5.70. The van der Waals surface area contributed by atoms with E-state index in [1.54, 1.807) is 43.4 Å². The van der Waals surface area contributed by atoms with E-state index in [2.05, 4.69) is 11.0 Å². The second kappa shape index (κ2) is 11.4. The topological polar surface area (TPSA) is 60.5 Å². The third-order valence-electron chi connectivity index (χ3n) is 5.71. The van der Waals surface area contributed by atoms with E-state index in [-0.39, 0.29) is 6.09 Å². The average molecular weight is 463 g/mol. The first kappa shape index (κ1) is 23.4. The highest BCUT2D eigenvalue weighted by Crippen LogP contribution is 2.31. The minimum Gasteiger partial charge on any atom is -0.497 e. The van der Waals surface area contributed by atoms with Crippen molar-refractivity contribution >= 4 is 6.09 Å². The molecule has 0 aliphatic carbocycles. The van der Waals surface area contributed by atoms with Gasteiger partial charge in [-0.05, 0) is 60.5 Å². The molecule has 1 aliphatic rings. The summed E-state index contributed by atoms with van der Waals surface area (Å²) >= 11 is 0. The lowest BCUT2D eigenvalue weighted by atomic mass is 10.2. The molecule has 0 bridgehead atoms. The van der Waals surface area contributed by atoms with Crippen molar-refractivity contribution in [3.63, 3.8) is 0 Å². The van der Waals surface area contributed by atoms with Gasteiger partial charge >= 0.3 is 6.09 Å². The third kappa shape index (κ3) is 6.20. The molecule has 0 radical (unpaired) electrons. The molecule has 7 heteroatoms. The van der Waals surface area contributed by atoms with Crippen molar-refractivity contribution < 1.29 is 23.7 Å². The van der Waals surface area contributed by atoms with Crippen LogP contribution in [0.5, 0.6) is 28.7 Å². The summed E-state index contributed by atoms with van der Waals surface area (Å²) in [6, 6.07) is 22.7. The van der Waals surface area contributed by atoms with Crippen LogP contribution < -0.4 is 18.9 Å². The summed E-state index contributed by atoms with van der Waals surface area (Å²) in [7, 11) is 3.24. The molecule has 1 amide bonds. The zero-order valence-electron chi connectivity index (χ0n) is 19.6. The SMILES string of the molecule is COc1ccc(OC(=O)N2CCCN(Cc3cccc(Oc4ccccc4OC)c3)CC2)cc1. The van der Waals surface area contributed by atoms with E-state index in [0.29, 0.717) is 30.3 Å². The molecule has 1 saturated heterocycles. The predicted molar refractivity (Wildman–Crippen MR) is 130 cm³/mol. The molecule has 1 aliphatic heterocycles. The molecule has 0 saturated carbocycles. The van der Waals surface area contributed by atoms with Crippen molar-refractivity contribution in [2.45, 2.75) is 13.0 Å². The molecule has 0 aromatic heterocycles. The molecule has 0 unspecified atom stereocenters. The number of hydrogen-bond acceptors (Lipinski definition) is 6. The lowest BCUT2D eigenvalue weighted by Crippen LogP contribution is -2.36. The summed E-state index contributed by atoms with van der Waals surface area (Å²) in [6.07, 6.45) is 0.564. The monoisotopic (exact) mass is 462 g/mol. The summed E-state index contributed by atoms with van der Waals surface area (Å²) in [5.41, 5.74) is 1.15. The number of hydrogen-bond donors (Lipinski definition) is 0. The van der Waals surface area contributed by atoms with E-state index < -0.39 is 0 Å². The normalized spacial score (nSPS) is 14.2. The molecule has 0 spiro atoms. The molecule has 3 aromatic carbocycles. The van der Waals surface area contributed by atoms with Crippen LogP contribution in [0, 0.1) is 0 Å². The average Bonchev–Trinajstić information content (AvgIpc) is 3.11. The quantitative estimate of drug-likeness (QED) is 0.481. The van der Waals surface area contributed by atoms with E-state index in [0.717, 1.165) is 43.1 Å². The summed E-state index contributed by atoms with van der Waals surface area (Å²) in [5.74, 6) is 3.38. The summed E-state index contributed by atoms with van der Waals surface area (Å²) < 4.78 is 22.1. The molecule has 0 atom stereocenters. The lowest BCUT2D eigenvalue weighted by Gasteiger charge is -2.22. The van der Waals surface area contributed by atoms with E-state index in [9.17, 15) is 4.79 Å². The molecule has 4 rings (SSSR count). The highest BCUT2D eigenvalue weighted by Gasteiger charge is 2.21. The number of rotatable bonds is 7. The van der Waals surface area contributed by atoms with Crippen molar-refractivity contribution in [3.8, 4) is 28.7 Å². The van der Waals surface area contributed by atoms with Crippen LogP contribution in [0.3, 0.4) is 0 Å². The van der Waals surface area contributed by atoms with Gasteiger partial charge in [-0.15, -0.1) is 0 Å². The third-order valence-corrected chi connectivity index (χ3v) is 5.71. The summed E-state index contributed by atoms with van der Waals surface area (Å²) in [5, 5.41) is 0. The molecule has 1 fully saturated rings. The first-order valence-corrected chi connectivity index (χ1v) is 11.4. The Hall–Kier alpha value is -3.71. The van der Waals surface area contributed by atoms with Crippen LogP contribution in [0.4, 0.5) is 4.79 Å². The van der Waals surface area contributed by atoms with Gasteiger partial charge in [-0.1, -0.05) is 24.3 Å². The van der Waals surface area contributed by atoms with Crippen LogP contribution in [-0.2, 0) is 6.54 Å². The largest absolute Gasteiger partial charge is 0.497 e. The van der Waals surface area contributed by atoms with Gasteiger partial charge in [-0.3, -0.25) is 4.90 Å². The lowest BCUT2D eigenvalue weighted by molar-refractivity contribution is 0.153. The van der Waals surface area contributed by atoms with E-state index in [1.807, 2.05) is 42.5 Å². The van der Waals surface area contributed by atoms with Crippen molar-refractivity contribution in [3.05, 3.63) is 78.4 Å². The molecule has 0 N–H and O–H groups in total. The van der Waals surface area contributed by atoms with Crippen LogP contribution in [0.1, 0.15) is 12.0 Å². The Bertz CT molecular complexity index is 1090. The number of carbonyl (C=O) groups excluding carboxylic acids is 1. The first-order chi connectivity index (χ1) is 16.6. The van der Waals surface area contributed by atoms with Crippen LogP contribution >= 0.6 is 0 Å². The van der Waals surface area contributed by atoms with E-state index in [4.69, 9.17) is 18.9 Å². The molecular weight excluding hydrogens is 432 g/mol. The van der Waals surface area contributed by atoms with Crippen molar-refractivity contribution in [1.82, 2.24) is 9.80 Å². The Morgan fingerprint density at radius 2 is 1.53 bits per heavy atom. The fourth-order valence-electron chi connectivity index (χ4n) is 3.92. The fraction of sp³-hybridized carbons (Fsp3) is 0.296. The fourth-order valence-corrected chi connectivity index (χ4v) is 3.92. The maximum Gasteiger partial charge on any atom is 0.415 e. The van der Waals surface area contributed by atoms with Gasteiger partial charge in [0.1, 0.15) is 17.2 Å². The maximum absolute atomic E-state index is 12.6. The van der Waals surface area contributed by atoms with Gasteiger partial charge < -0.3 is 23.8 Å². The van der Waals surface area contributed by atoms with Gasteiger partial charge in [0.2, 0.25) is 0 Å². The van der Waals surface area contributed by atoms with E-state index >= 15 is 0 Å². The Kier molecular flexibility index (Phi) is 7.88. The van der Waals surface area contributed by atoms with Crippen molar-refractivity contribution in [2.75, 3.05) is 40.4 Å². The van der Waals surface area contributed by atoms with Gasteiger partial charge in [0.15, 0.2) is 11.5 Å². The van der Waals surface area contributed by atoms with Crippen LogP contribution in [0.15, 0.2) is 72.8 Å². The molecule has 178 valence electrons. The van der Waals surface area contributed by atoms with Crippen LogP contribution in [0.25, 0.3) is 0 Å². The smallest absolute Gasteiger partial charge is 0.415 e. The summed E-state index contributed by atoms with van der Waals surface area (Å²) in [6.45, 7) is 3.75. The number of benzene rings is 3. The Balaban J connectivity index is 1.32. The zero-order chi connectivity index (χ0) is 23.8. The molecule has 1 heterocycles. The Labute approximate surface area is 200 Å². The minimum atomic E-state index is -0.320. The standard InChI is InChI=1S/C27H30N2O5/c1-31-22-11-13-23(14-12-22)34-27(30)29-16-6-15-28(17-18-29)20-21-7-5-8-24(19-21)33-26-10-4-3-9-25(26)32-2/h3-5,7-14,19H,6,15-18,20H2,1-2H3. The number of para-hydroxylation sites is 2. The van der Waals surface area contributed by atoms with Gasteiger partial charge in [-0.2, -0.15) is 0 Å². The molecule has 7 nitrogen and oxygen atoms in total. The van der Waals surface area contributed by atoms with Gasteiger partial charge in [0, 0.05) is 32.7 Å². The summed E-state index contributed by atoms with van der Waals surface area (Å²) in [4.78, 5) is 16.8. The van der Waals surface area contributed by atoms with Gasteiger partial charge in [-0.25, -0.2) is 4.79 Å². The van der Waals surface area contributed by atoms with E-state index in [1.165, 1.54) is 0 Å².